The lowest BCUT2D eigenvalue weighted by Gasteiger charge is -2.09. The zero-order valence-electron chi connectivity index (χ0n) is 11.7. The molecule has 0 radical (unpaired) electrons. The topological polar surface area (TPSA) is 49.3 Å². The summed E-state index contributed by atoms with van der Waals surface area (Å²) < 4.78 is 13.6. The van der Waals surface area contributed by atoms with Crippen molar-refractivity contribution in [2.75, 3.05) is 5.32 Å². The minimum absolute atomic E-state index is 0.0261. The zero-order valence-corrected chi connectivity index (χ0v) is 12.4. The molecule has 110 valence electrons. The summed E-state index contributed by atoms with van der Waals surface area (Å²) in [5, 5.41) is 11.7. The van der Waals surface area contributed by atoms with Gasteiger partial charge in [0.1, 0.15) is 5.75 Å². The third kappa shape index (κ3) is 3.52. The Balaban J connectivity index is 2.20. The minimum Gasteiger partial charge on any atom is -0.506 e. The van der Waals surface area contributed by atoms with Crippen LogP contribution < -0.4 is 5.32 Å². The molecular formula is C16H15ClFNO2. The predicted octanol–water partition coefficient (Wildman–Crippen LogP) is 4.56. The number of phenols is 1. The lowest BCUT2D eigenvalue weighted by Crippen LogP contribution is -2.13. The largest absolute Gasteiger partial charge is 0.506 e. The van der Waals surface area contributed by atoms with Gasteiger partial charge in [0, 0.05) is 11.6 Å². The first-order valence-electron chi connectivity index (χ1n) is 6.48. The summed E-state index contributed by atoms with van der Waals surface area (Å²) in [6, 6.07) is 9.13. The Labute approximate surface area is 127 Å². The van der Waals surface area contributed by atoms with Gasteiger partial charge in [0.15, 0.2) is 5.82 Å². The van der Waals surface area contributed by atoms with Gasteiger partial charge in [-0.15, -0.1) is 0 Å². The maximum absolute atomic E-state index is 13.6. The van der Waals surface area contributed by atoms with Crippen molar-refractivity contribution in [1.82, 2.24) is 0 Å². The van der Waals surface area contributed by atoms with Gasteiger partial charge in [0.2, 0.25) is 0 Å². The molecule has 0 saturated heterocycles. The molecule has 0 aromatic heterocycles. The Hall–Kier alpha value is -2.07. The molecule has 0 atom stereocenters. The standard InChI is InChI=1S/C16H15ClFNO2/c1-9(2)10-3-5-11(6-4-10)16(21)19-14-7-12(17)15(20)8-13(14)18/h3-9,20H,1-2H3,(H,19,21). The highest BCUT2D eigenvalue weighted by Gasteiger charge is 2.12. The van der Waals surface area contributed by atoms with Gasteiger partial charge in [0.05, 0.1) is 10.7 Å². The molecule has 0 bridgehead atoms. The van der Waals surface area contributed by atoms with Crippen LogP contribution >= 0.6 is 11.6 Å². The molecule has 2 aromatic carbocycles. The highest BCUT2D eigenvalue weighted by Crippen LogP contribution is 2.29. The van der Waals surface area contributed by atoms with Gasteiger partial charge >= 0.3 is 0 Å². The van der Waals surface area contributed by atoms with Crippen LogP contribution in [0.3, 0.4) is 0 Å². The van der Waals surface area contributed by atoms with E-state index in [1.165, 1.54) is 6.07 Å². The molecule has 0 heterocycles. The number of halogens is 2. The first-order valence-corrected chi connectivity index (χ1v) is 6.85. The molecule has 0 aliphatic carbocycles. The van der Waals surface area contributed by atoms with E-state index in [9.17, 15) is 14.3 Å². The first-order chi connectivity index (χ1) is 9.88. The summed E-state index contributed by atoms with van der Waals surface area (Å²) in [6.45, 7) is 4.12. The van der Waals surface area contributed by atoms with E-state index in [-0.39, 0.29) is 16.5 Å². The molecule has 0 saturated carbocycles. The van der Waals surface area contributed by atoms with Crippen LogP contribution in [0.5, 0.6) is 5.75 Å². The second-order valence-corrected chi connectivity index (χ2v) is 5.42. The van der Waals surface area contributed by atoms with Crippen molar-refractivity contribution in [3.63, 3.8) is 0 Å². The van der Waals surface area contributed by atoms with Crippen molar-refractivity contribution >= 4 is 23.2 Å². The first kappa shape index (κ1) is 15.3. The van der Waals surface area contributed by atoms with E-state index < -0.39 is 11.7 Å². The number of benzene rings is 2. The molecule has 0 spiro atoms. The smallest absolute Gasteiger partial charge is 0.255 e. The number of amides is 1. The molecule has 0 unspecified atom stereocenters. The normalized spacial score (nSPS) is 10.7. The zero-order chi connectivity index (χ0) is 15.6. The molecule has 2 N–H and O–H groups in total. The summed E-state index contributed by atoms with van der Waals surface area (Å²) in [5.41, 5.74) is 1.46. The van der Waals surface area contributed by atoms with E-state index in [0.717, 1.165) is 11.6 Å². The van der Waals surface area contributed by atoms with Gasteiger partial charge in [-0.3, -0.25) is 4.79 Å². The Morgan fingerprint density at radius 2 is 1.86 bits per heavy atom. The molecule has 3 nitrogen and oxygen atoms in total. The maximum atomic E-state index is 13.6. The average Bonchev–Trinajstić information content (AvgIpc) is 2.44. The number of hydrogen-bond acceptors (Lipinski definition) is 2. The number of aromatic hydroxyl groups is 1. The molecule has 1 amide bonds. The molecular weight excluding hydrogens is 293 g/mol. The van der Waals surface area contributed by atoms with Crippen molar-refractivity contribution < 1.29 is 14.3 Å². The van der Waals surface area contributed by atoms with E-state index in [1.54, 1.807) is 12.1 Å². The van der Waals surface area contributed by atoms with Crippen molar-refractivity contribution in [3.8, 4) is 5.75 Å². The predicted molar refractivity (Wildman–Crippen MR) is 81.6 cm³/mol. The van der Waals surface area contributed by atoms with Crippen LogP contribution in [0.2, 0.25) is 5.02 Å². The number of rotatable bonds is 3. The summed E-state index contributed by atoms with van der Waals surface area (Å²) in [7, 11) is 0. The fourth-order valence-corrected chi connectivity index (χ4v) is 2.01. The number of anilines is 1. The van der Waals surface area contributed by atoms with Crippen LogP contribution in [0.1, 0.15) is 35.7 Å². The van der Waals surface area contributed by atoms with Crippen LogP contribution in [0.4, 0.5) is 10.1 Å². The Kier molecular flexibility index (Phi) is 4.48. The van der Waals surface area contributed by atoms with Crippen LogP contribution in [-0.4, -0.2) is 11.0 Å². The highest BCUT2D eigenvalue weighted by molar-refractivity contribution is 6.32. The molecule has 2 aromatic rings. The summed E-state index contributed by atoms with van der Waals surface area (Å²) in [4.78, 5) is 12.1. The van der Waals surface area contributed by atoms with E-state index in [4.69, 9.17) is 11.6 Å². The fourth-order valence-electron chi connectivity index (χ4n) is 1.85. The van der Waals surface area contributed by atoms with Gasteiger partial charge in [-0.2, -0.15) is 0 Å². The third-order valence-corrected chi connectivity index (χ3v) is 3.43. The number of hydrogen-bond donors (Lipinski definition) is 2. The molecule has 5 heteroatoms. The summed E-state index contributed by atoms with van der Waals surface area (Å²) in [6.07, 6.45) is 0. The number of carbonyl (C=O) groups excluding carboxylic acids is 1. The van der Waals surface area contributed by atoms with Crippen LogP contribution in [0.25, 0.3) is 0 Å². The van der Waals surface area contributed by atoms with Crippen LogP contribution in [0, 0.1) is 5.82 Å². The monoisotopic (exact) mass is 307 g/mol. The number of phenolic OH excluding ortho intramolecular Hbond substituents is 1. The van der Waals surface area contributed by atoms with Crippen molar-refractivity contribution in [3.05, 3.63) is 58.4 Å². The van der Waals surface area contributed by atoms with Crippen LogP contribution in [0.15, 0.2) is 36.4 Å². The SMILES string of the molecule is CC(C)c1ccc(C(=O)Nc2cc(Cl)c(O)cc2F)cc1. The maximum Gasteiger partial charge on any atom is 0.255 e. The van der Waals surface area contributed by atoms with Gasteiger partial charge in [-0.25, -0.2) is 4.39 Å². The van der Waals surface area contributed by atoms with Crippen molar-refractivity contribution in [2.24, 2.45) is 0 Å². The second-order valence-electron chi connectivity index (χ2n) is 5.01. The van der Waals surface area contributed by atoms with Crippen LogP contribution in [-0.2, 0) is 0 Å². The quantitative estimate of drug-likeness (QED) is 0.817. The molecule has 21 heavy (non-hydrogen) atoms. The third-order valence-electron chi connectivity index (χ3n) is 3.12. The van der Waals surface area contributed by atoms with Gasteiger partial charge in [-0.05, 0) is 29.7 Å². The molecule has 0 aliphatic heterocycles. The summed E-state index contributed by atoms with van der Waals surface area (Å²) >= 11 is 5.70. The van der Waals surface area contributed by atoms with Crippen molar-refractivity contribution in [2.45, 2.75) is 19.8 Å². The Bertz CT molecular complexity index is 669. The lowest BCUT2D eigenvalue weighted by atomic mass is 10.0. The molecule has 0 aliphatic rings. The minimum atomic E-state index is -0.746. The van der Waals surface area contributed by atoms with E-state index in [1.807, 2.05) is 12.1 Å². The van der Waals surface area contributed by atoms with E-state index in [2.05, 4.69) is 19.2 Å². The van der Waals surface area contributed by atoms with Gasteiger partial charge in [-0.1, -0.05) is 37.6 Å². The summed E-state index contributed by atoms with van der Waals surface area (Å²) in [5.74, 6) is -1.18. The van der Waals surface area contributed by atoms with E-state index >= 15 is 0 Å². The number of carbonyl (C=O) groups is 1. The Morgan fingerprint density at radius 1 is 1.24 bits per heavy atom. The van der Waals surface area contributed by atoms with Crippen molar-refractivity contribution in [1.29, 1.82) is 0 Å². The number of nitrogens with one attached hydrogen (secondary N) is 1. The average molecular weight is 308 g/mol. The van der Waals surface area contributed by atoms with E-state index in [0.29, 0.717) is 11.5 Å². The molecule has 0 fully saturated rings. The fraction of sp³-hybridized carbons (Fsp3) is 0.188. The highest BCUT2D eigenvalue weighted by atomic mass is 35.5. The van der Waals surface area contributed by atoms with Gasteiger partial charge in [0.25, 0.3) is 5.91 Å². The second kappa shape index (κ2) is 6.14. The van der Waals surface area contributed by atoms with Gasteiger partial charge < -0.3 is 10.4 Å². The molecule has 2 rings (SSSR count). The lowest BCUT2D eigenvalue weighted by molar-refractivity contribution is 0.102. The Morgan fingerprint density at radius 3 is 2.43 bits per heavy atom.